The zero-order valence-electron chi connectivity index (χ0n) is 6.69. The molecule has 0 aliphatic rings. The average Bonchev–Trinajstić information content (AvgIpc) is 1.86. The molecular formula is H11N3O9S2. The van der Waals surface area contributed by atoms with Gasteiger partial charge >= 0.3 is 20.8 Å². The lowest BCUT2D eigenvalue weighted by Gasteiger charge is -1.92. The molecule has 0 aromatic rings. The normalized spacial score (nSPS) is 10.0. The summed E-state index contributed by atoms with van der Waals surface area (Å²) >= 11 is 0. The highest BCUT2D eigenvalue weighted by molar-refractivity contribution is 7.83. The van der Waals surface area contributed by atoms with Gasteiger partial charge in [-0.2, -0.15) is 16.8 Å². The van der Waals surface area contributed by atoms with Gasteiger partial charge < -0.3 is 23.4 Å². The van der Waals surface area contributed by atoms with Crippen molar-refractivity contribution < 1.29 is 40.5 Å². The van der Waals surface area contributed by atoms with Crippen molar-refractivity contribution in [3.8, 4) is 0 Å². The maximum Gasteiger partial charge on any atom is 0.425 e. The van der Waals surface area contributed by atoms with Gasteiger partial charge in [0.05, 0.1) is 0 Å². The van der Waals surface area contributed by atoms with Crippen molar-refractivity contribution in [3.63, 3.8) is 0 Å². The van der Waals surface area contributed by atoms with E-state index in [1.807, 2.05) is 5.90 Å². The first-order chi connectivity index (χ1) is 5.21. The van der Waals surface area contributed by atoms with Gasteiger partial charge in [0.15, 0.2) is 0 Å². The molecule has 0 rings (SSSR count). The molecule has 0 unspecified atom stereocenters. The van der Waals surface area contributed by atoms with Crippen LogP contribution in [0.4, 0.5) is 0 Å². The Bertz CT molecular complexity index is 254. The molecule has 12 nitrogen and oxygen atoms in total. The molecule has 0 aliphatic heterocycles. The lowest BCUT2D eigenvalue weighted by molar-refractivity contribution is -0.275. The van der Waals surface area contributed by atoms with Gasteiger partial charge in [-0.1, -0.05) is 8.67 Å². The molecule has 0 spiro atoms. The quantitative estimate of drug-likeness (QED) is 0.203. The summed E-state index contributed by atoms with van der Waals surface area (Å²) in [6.45, 7) is 0. The van der Waals surface area contributed by atoms with E-state index in [-0.39, 0.29) is 12.3 Å². The van der Waals surface area contributed by atoms with Crippen LogP contribution in [0, 0.1) is 5.21 Å². The van der Waals surface area contributed by atoms with Crippen LogP contribution in [0.25, 0.3) is 0 Å². The van der Waals surface area contributed by atoms with E-state index >= 15 is 0 Å². The monoisotopic (exact) mass is 261 g/mol. The molecule has 0 aliphatic carbocycles. The molecule has 0 aromatic carbocycles. The number of quaternary nitrogens is 1. The van der Waals surface area contributed by atoms with Crippen molar-refractivity contribution in [2.24, 2.45) is 0 Å². The second kappa shape index (κ2) is 9.15. The molecule has 0 saturated carbocycles. The molecule has 92 valence electrons. The third-order valence-electron chi connectivity index (χ3n) is 0.200. The van der Waals surface area contributed by atoms with E-state index in [0.717, 1.165) is 0 Å². The molecule has 0 saturated heterocycles. The Labute approximate surface area is 79.6 Å². The van der Waals surface area contributed by atoms with E-state index in [1.54, 1.807) is 0 Å². The smallest absolute Gasteiger partial charge is 0.425 e. The largest absolute Gasteiger partial charge is 0.637 e. The number of hydrogen-bond acceptors (Lipinski definition) is 9. The highest BCUT2D eigenvalue weighted by Gasteiger charge is 2.13. The second-order valence-electron chi connectivity index (χ2n) is 0.992. The molecule has 11 N–H and O–H groups in total. The minimum Gasteiger partial charge on any atom is -0.637 e. The van der Waals surface area contributed by atoms with Crippen molar-refractivity contribution in [2.45, 2.75) is 0 Å². The zero-order chi connectivity index (χ0) is 10.4. The zero-order valence-corrected chi connectivity index (χ0v) is 8.32. The summed E-state index contributed by atoms with van der Waals surface area (Å²) in [6, 6.07) is 0. The van der Waals surface area contributed by atoms with E-state index in [9.17, 15) is 16.8 Å². The summed E-state index contributed by atoms with van der Waals surface area (Å²) in [5.41, 5.74) is 0. The van der Waals surface area contributed by atoms with Crippen molar-refractivity contribution in [1.82, 2.24) is 12.3 Å². The first-order valence-electron chi connectivity index (χ1n) is 1.82. The van der Waals surface area contributed by atoms with Gasteiger partial charge in [-0.25, -0.2) is 0 Å². The van der Waals surface area contributed by atoms with E-state index in [4.69, 9.17) is 14.3 Å². The van der Waals surface area contributed by atoms with Crippen LogP contribution in [-0.4, -0.2) is 25.9 Å². The number of hydrogen-bond donors (Lipinski definition) is 5. The summed E-state index contributed by atoms with van der Waals surface area (Å²) in [7, 11) is -10.0. The van der Waals surface area contributed by atoms with Gasteiger partial charge in [-0.05, 0) is 0 Å². The van der Waals surface area contributed by atoms with Crippen molar-refractivity contribution >= 4 is 20.8 Å². The van der Waals surface area contributed by atoms with Gasteiger partial charge in [0.25, 0.3) is 0 Å². The van der Waals surface area contributed by atoms with Gasteiger partial charge in [0.2, 0.25) is 0 Å². The standard InChI is InChI=1S/H3NO.2H3N.H2O8S2/c1-2;;;1-9(2,3)7-8-10(4,5)6/h1H3;2*1H3;(H,1,2,3)(H,4,5,6). The predicted octanol–water partition coefficient (Wildman–Crippen LogP) is -2.41. The first-order valence-corrected chi connectivity index (χ1v) is 4.55. The highest BCUT2D eigenvalue weighted by Crippen LogP contribution is 1.92. The van der Waals surface area contributed by atoms with Gasteiger partial charge in [-0.15, -0.1) is 0 Å². The molecule has 14 heteroatoms. The van der Waals surface area contributed by atoms with Crippen LogP contribution >= 0.6 is 0 Å². The van der Waals surface area contributed by atoms with E-state index < -0.39 is 20.8 Å². The molecule has 0 fully saturated rings. The van der Waals surface area contributed by atoms with Gasteiger partial charge in [0, 0.05) is 0 Å². The molecule has 14 heavy (non-hydrogen) atoms. The van der Waals surface area contributed by atoms with Crippen molar-refractivity contribution in [3.05, 3.63) is 5.21 Å². The molecular weight excluding hydrogens is 250 g/mol. The summed E-state index contributed by atoms with van der Waals surface area (Å²) in [5, 5.41) is 8.00. The average molecular weight is 261 g/mol. The maximum atomic E-state index is 9.51. The summed E-state index contributed by atoms with van der Waals surface area (Å²) in [6.07, 6.45) is 0. The second-order valence-corrected chi connectivity index (χ2v) is 2.97. The Morgan fingerprint density at radius 2 is 1.00 bits per heavy atom. The summed E-state index contributed by atoms with van der Waals surface area (Å²) in [5.74, 6) is 2.00. The van der Waals surface area contributed by atoms with Crippen LogP contribution < -0.4 is 18.2 Å². The van der Waals surface area contributed by atoms with Crippen molar-refractivity contribution in [1.29, 1.82) is 0 Å². The van der Waals surface area contributed by atoms with Crippen molar-refractivity contribution in [2.75, 3.05) is 0 Å². The van der Waals surface area contributed by atoms with Crippen LogP contribution in [0.5, 0.6) is 0 Å². The SMILES string of the molecule is N.N.O=S(=O)(O)OOS(=O)(=O)O.[NH3+][O-]. The molecule has 0 heterocycles. The Hall–Kier alpha value is -0.420. The van der Waals surface area contributed by atoms with Crippen LogP contribution in [0.2, 0.25) is 0 Å². The van der Waals surface area contributed by atoms with E-state index in [0.29, 0.717) is 0 Å². The molecule has 0 radical (unpaired) electrons. The topological polar surface area (TPSA) is 248 Å². The fourth-order valence-electron chi connectivity index (χ4n) is 0.0702. The van der Waals surface area contributed by atoms with Crippen LogP contribution in [0.1, 0.15) is 0 Å². The van der Waals surface area contributed by atoms with Crippen LogP contribution in [-0.2, 0) is 29.5 Å². The highest BCUT2D eigenvalue weighted by atomic mass is 32.3. The molecule has 0 bridgehead atoms. The lowest BCUT2D eigenvalue weighted by atomic mass is 13.6. The third kappa shape index (κ3) is 29.9. The Morgan fingerprint density at radius 1 is 0.857 bits per heavy atom. The number of rotatable bonds is 3. The maximum absolute atomic E-state index is 9.51. The predicted molar refractivity (Wildman–Crippen MR) is 41.6 cm³/mol. The summed E-state index contributed by atoms with van der Waals surface area (Å²) < 4.78 is 58.9. The fourth-order valence-corrected chi connectivity index (χ4v) is 0.632. The van der Waals surface area contributed by atoms with Gasteiger partial charge in [-0.3, -0.25) is 9.11 Å². The van der Waals surface area contributed by atoms with Crippen LogP contribution in [0.3, 0.4) is 0 Å². The molecule has 0 aromatic heterocycles. The minimum absolute atomic E-state index is 0. The fraction of sp³-hybridized carbons (Fsp3) is 0. The first kappa shape index (κ1) is 23.4. The minimum atomic E-state index is -5.02. The van der Waals surface area contributed by atoms with E-state index in [2.05, 4.69) is 8.67 Å². The summed E-state index contributed by atoms with van der Waals surface area (Å²) in [4.78, 5) is 0. The molecule has 0 amide bonds. The lowest BCUT2D eigenvalue weighted by Crippen LogP contribution is -2.37. The Kier molecular flexibility index (Phi) is 15.3. The van der Waals surface area contributed by atoms with Gasteiger partial charge in [0.1, 0.15) is 0 Å². The Morgan fingerprint density at radius 3 is 1.07 bits per heavy atom. The Balaban J connectivity index is -0.000000117. The third-order valence-corrected chi connectivity index (χ3v) is 0.766. The molecule has 0 atom stereocenters. The van der Waals surface area contributed by atoms with Crippen LogP contribution in [0.15, 0.2) is 0 Å². The van der Waals surface area contributed by atoms with E-state index in [1.165, 1.54) is 0 Å².